The number of piperidine rings is 1. The first-order chi connectivity index (χ1) is 12.7. The van der Waals surface area contributed by atoms with Gasteiger partial charge in [0.15, 0.2) is 0 Å². The van der Waals surface area contributed by atoms with E-state index in [1.165, 1.54) is 5.56 Å². The molecule has 3 heterocycles. The number of hydrogen-bond acceptors (Lipinski definition) is 3. The van der Waals surface area contributed by atoms with Crippen LogP contribution in [0.2, 0.25) is 0 Å². The second kappa shape index (κ2) is 5.71. The smallest absolute Gasteiger partial charge is 0.237 e. The number of rotatable bonds is 2. The molecule has 2 aromatic carbocycles. The molecule has 1 aromatic heterocycles. The van der Waals surface area contributed by atoms with Crippen LogP contribution in [0.25, 0.3) is 11.0 Å². The van der Waals surface area contributed by atoms with Gasteiger partial charge in [-0.3, -0.25) is 9.69 Å². The summed E-state index contributed by atoms with van der Waals surface area (Å²) in [4.78, 5) is 17.2. The molecule has 1 saturated heterocycles. The highest BCUT2D eigenvalue weighted by Crippen LogP contribution is 2.47. The van der Waals surface area contributed by atoms with E-state index in [0.717, 1.165) is 54.9 Å². The monoisotopic (exact) mass is 346 g/mol. The third kappa shape index (κ3) is 2.22. The third-order valence-corrected chi connectivity index (χ3v) is 6.06. The number of fused-ring (bicyclic) bond motifs is 3. The van der Waals surface area contributed by atoms with Gasteiger partial charge in [0, 0.05) is 18.1 Å². The number of likely N-dealkylation sites (N-methyl/N-ethyl adjacent to an activating group) is 1. The van der Waals surface area contributed by atoms with E-state index in [-0.39, 0.29) is 11.3 Å². The van der Waals surface area contributed by atoms with Crippen molar-refractivity contribution in [3.63, 3.8) is 0 Å². The van der Waals surface area contributed by atoms with Gasteiger partial charge in [-0.05, 0) is 49.7 Å². The fraction of sp³-hybridized carbons (Fsp3) is 0.318. The summed E-state index contributed by atoms with van der Waals surface area (Å²) >= 11 is 0. The van der Waals surface area contributed by atoms with E-state index in [9.17, 15) is 4.79 Å². The zero-order chi connectivity index (χ0) is 17.7. The maximum absolute atomic E-state index is 13.0. The molecule has 4 nitrogen and oxygen atoms in total. The molecular weight excluding hydrogens is 324 g/mol. The average Bonchev–Trinajstić information content (AvgIpc) is 3.17. The van der Waals surface area contributed by atoms with Gasteiger partial charge in [0.25, 0.3) is 0 Å². The SMILES string of the molecule is CN1C(=O)C2(CCN(Cc3cc4ccccc4o3)CC2)c2ccccc21. The van der Waals surface area contributed by atoms with Gasteiger partial charge in [0.1, 0.15) is 11.3 Å². The van der Waals surface area contributed by atoms with Gasteiger partial charge in [-0.1, -0.05) is 36.4 Å². The first-order valence-electron chi connectivity index (χ1n) is 9.25. The van der Waals surface area contributed by atoms with E-state index in [0.29, 0.717) is 0 Å². The summed E-state index contributed by atoms with van der Waals surface area (Å²) in [6.07, 6.45) is 1.74. The third-order valence-electron chi connectivity index (χ3n) is 6.06. The molecule has 1 amide bonds. The summed E-state index contributed by atoms with van der Waals surface area (Å²) in [6, 6.07) is 18.5. The molecule has 0 unspecified atom stereocenters. The number of amides is 1. The highest BCUT2D eigenvalue weighted by atomic mass is 16.3. The van der Waals surface area contributed by atoms with Crippen LogP contribution in [0.3, 0.4) is 0 Å². The summed E-state index contributed by atoms with van der Waals surface area (Å²) in [7, 11) is 1.90. The lowest BCUT2D eigenvalue weighted by molar-refractivity contribution is -0.124. The van der Waals surface area contributed by atoms with E-state index in [2.05, 4.69) is 29.2 Å². The molecule has 0 N–H and O–H groups in total. The predicted molar refractivity (Wildman–Crippen MR) is 102 cm³/mol. The van der Waals surface area contributed by atoms with Crippen LogP contribution in [-0.2, 0) is 16.8 Å². The molecule has 1 fully saturated rings. The molecule has 26 heavy (non-hydrogen) atoms. The number of nitrogens with zero attached hydrogens (tertiary/aromatic N) is 2. The van der Waals surface area contributed by atoms with Crippen LogP contribution in [0.4, 0.5) is 5.69 Å². The second-order valence-electron chi connectivity index (χ2n) is 7.49. The van der Waals surface area contributed by atoms with Crippen molar-refractivity contribution in [3.05, 3.63) is 65.9 Å². The normalized spacial score (nSPS) is 19.4. The summed E-state index contributed by atoms with van der Waals surface area (Å²) in [5, 5.41) is 1.15. The quantitative estimate of drug-likeness (QED) is 0.705. The minimum absolute atomic E-state index is 0.252. The van der Waals surface area contributed by atoms with Gasteiger partial charge in [-0.25, -0.2) is 0 Å². The maximum Gasteiger partial charge on any atom is 0.237 e. The van der Waals surface area contributed by atoms with Crippen molar-refractivity contribution in [3.8, 4) is 0 Å². The van der Waals surface area contributed by atoms with Gasteiger partial charge in [-0.15, -0.1) is 0 Å². The zero-order valence-electron chi connectivity index (χ0n) is 14.9. The Labute approximate surface area is 153 Å². The Balaban J connectivity index is 1.35. The zero-order valence-corrected chi connectivity index (χ0v) is 14.9. The van der Waals surface area contributed by atoms with Gasteiger partial charge >= 0.3 is 0 Å². The molecule has 0 aliphatic carbocycles. The summed E-state index contributed by atoms with van der Waals surface area (Å²) in [5.41, 5.74) is 2.88. The van der Waals surface area contributed by atoms with Crippen molar-refractivity contribution in [2.45, 2.75) is 24.8 Å². The van der Waals surface area contributed by atoms with Crippen LogP contribution in [0.5, 0.6) is 0 Å². The molecule has 2 aliphatic heterocycles. The van der Waals surface area contributed by atoms with Crippen molar-refractivity contribution < 1.29 is 9.21 Å². The van der Waals surface area contributed by atoms with Crippen LogP contribution in [0, 0.1) is 0 Å². The minimum atomic E-state index is -0.338. The van der Waals surface area contributed by atoms with E-state index in [1.54, 1.807) is 0 Å². The van der Waals surface area contributed by atoms with Gasteiger partial charge in [0.2, 0.25) is 5.91 Å². The number of carbonyl (C=O) groups is 1. The van der Waals surface area contributed by atoms with Crippen molar-refractivity contribution >= 4 is 22.6 Å². The van der Waals surface area contributed by atoms with Crippen LogP contribution in [0.15, 0.2) is 59.0 Å². The Morgan fingerprint density at radius 1 is 1.04 bits per heavy atom. The van der Waals surface area contributed by atoms with Crippen LogP contribution in [-0.4, -0.2) is 30.9 Å². The molecule has 0 saturated carbocycles. The largest absolute Gasteiger partial charge is 0.460 e. The van der Waals surface area contributed by atoms with E-state index in [4.69, 9.17) is 4.42 Å². The molecule has 2 aliphatic rings. The Bertz CT molecular complexity index is 949. The number of para-hydroxylation sites is 2. The van der Waals surface area contributed by atoms with E-state index >= 15 is 0 Å². The van der Waals surface area contributed by atoms with E-state index < -0.39 is 0 Å². The fourth-order valence-corrected chi connectivity index (χ4v) is 4.63. The maximum atomic E-state index is 13.0. The number of benzene rings is 2. The summed E-state index contributed by atoms with van der Waals surface area (Å²) < 4.78 is 5.97. The van der Waals surface area contributed by atoms with Crippen molar-refractivity contribution in [2.24, 2.45) is 0 Å². The first kappa shape index (κ1) is 15.6. The molecule has 0 radical (unpaired) electrons. The van der Waals surface area contributed by atoms with Crippen molar-refractivity contribution in [1.29, 1.82) is 0 Å². The second-order valence-corrected chi connectivity index (χ2v) is 7.49. The van der Waals surface area contributed by atoms with Crippen LogP contribution in [0.1, 0.15) is 24.2 Å². The number of furan rings is 1. The average molecular weight is 346 g/mol. The van der Waals surface area contributed by atoms with Crippen molar-refractivity contribution in [1.82, 2.24) is 4.90 Å². The molecule has 0 atom stereocenters. The van der Waals surface area contributed by atoms with Gasteiger partial charge in [-0.2, -0.15) is 0 Å². The number of hydrogen-bond donors (Lipinski definition) is 0. The number of likely N-dealkylation sites (tertiary alicyclic amines) is 1. The molecule has 3 aromatic rings. The lowest BCUT2D eigenvalue weighted by Crippen LogP contribution is -2.47. The van der Waals surface area contributed by atoms with Crippen LogP contribution < -0.4 is 4.90 Å². The Morgan fingerprint density at radius 2 is 1.77 bits per heavy atom. The molecule has 4 heteroatoms. The highest BCUT2D eigenvalue weighted by Gasteiger charge is 2.50. The van der Waals surface area contributed by atoms with Crippen LogP contribution >= 0.6 is 0 Å². The number of carbonyl (C=O) groups excluding carboxylic acids is 1. The molecule has 5 rings (SSSR count). The molecular formula is C22H22N2O2. The Kier molecular flexibility index (Phi) is 3.44. The standard InChI is InChI=1S/C22H22N2O2/c1-23-19-8-4-3-7-18(19)22(21(23)25)10-12-24(13-11-22)15-17-14-16-6-2-5-9-20(16)26-17/h2-9,14H,10-13,15H2,1H3. The Hall–Kier alpha value is -2.59. The van der Waals surface area contributed by atoms with Gasteiger partial charge < -0.3 is 9.32 Å². The predicted octanol–water partition coefficient (Wildman–Crippen LogP) is 3.94. The number of anilines is 1. The molecule has 1 spiro atoms. The van der Waals surface area contributed by atoms with Crippen molar-refractivity contribution in [2.75, 3.05) is 25.0 Å². The topological polar surface area (TPSA) is 36.7 Å². The Morgan fingerprint density at radius 3 is 2.58 bits per heavy atom. The minimum Gasteiger partial charge on any atom is -0.460 e. The fourth-order valence-electron chi connectivity index (χ4n) is 4.63. The lowest BCUT2D eigenvalue weighted by atomic mass is 9.73. The van der Waals surface area contributed by atoms with E-state index in [1.807, 2.05) is 42.3 Å². The summed E-state index contributed by atoms with van der Waals surface area (Å²) in [5.74, 6) is 1.25. The molecule has 0 bridgehead atoms. The molecule has 132 valence electrons. The summed E-state index contributed by atoms with van der Waals surface area (Å²) in [6.45, 7) is 2.62. The first-order valence-corrected chi connectivity index (χ1v) is 9.25. The lowest BCUT2D eigenvalue weighted by Gasteiger charge is -2.38. The highest BCUT2D eigenvalue weighted by molar-refractivity contribution is 6.07. The van der Waals surface area contributed by atoms with Gasteiger partial charge in [0.05, 0.1) is 12.0 Å².